The van der Waals surface area contributed by atoms with Gasteiger partial charge in [0.15, 0.2) is 4.80 Å². The quantitative estimate of drug-likeness (QED) is 0.324. The molecule has 0 aliphatic heterocycles. The van der Waals surface area contributed by atoms with Crippen molar-refractivity contribution < 1.29 is 22.7 Å². The number of fused-ring (bicyclic) bond motifs is 1. The number of thiazole rings is 1. The number of aryl methyl sites for hydroxylation is 1. The van der Waals surface area contributed by atoms with Gasteiger partial charge in [-0.1, -0.05) is 38.0 Å². The lowest BCUT2D eigenvalue weighted by molar-refractivity contribution is 0.0997. The maximum Gasteiger partial charge on any atom is 0.279 e. The average molecular weight is 534 g/mol. The number of amides is 1. The van der Waals surface area contributed by atoms with E-state index in [2.05, 4.69) is 4.99 Å². The third-order valence-corrected chi connectivity index (χ3v) is 8.97. The van der Waals surface area contributed by atoms with Crippen molar-refractivity contribution in [1.29, 1.82) is 0 Å². The predicted molar refractivity (Wildman–Crippen MR) is 144 cm³/mol. The standard InChI is InChI=1S/C26H35N3O5S2/c1-6-9-17-28(18-10-7-2)36(31,32)20-13-11-19(12-14-20)25(30)27-26-29(8-3)23-21(33-4)15-16-22(34-5)24(23)35-26/h11-16H,6-10,17-18H2,1-5H3. The molecule has 0 spiro atoms. The molecule has 0 fully saturated rings. The van der Waals surface area contributed by atoms with E-state index in [1.165, 1.54) is 35.6 Å². The summed E-state index contributed by atoms with van der Waals surface area (Å²) in [6.45, 7) is 7.61. The molecule has 1 heterocycles. The van der Waals surface area contributed by atoms with Gasteiger partial charge in [0.1, 0.15) is 21.7 Å². The number of sulfonamides is 1. The number of methoxy groups -OCH3 is 2. The predicted octanol–water partition coefficient (Wildman–Crippen LogP) is 5.07. The van der Waals surface area contributed by atoms with Crippen molar-refractivity contribution in [2.75, 3.05) is 27.3 Å². The maximum atomic E-state index is 13.2. The van der Waals surface area contributed by atoms with Crippen LogP contribution in [-0.4, -0.2) is 50.5 Å². The van der Waals surface area contributed by atoms with Gasteiger partial charge in [-0.2, -0.15) is 9.30 Å². The van der Waals surface area contributed by atoms with Crippen molar-refractivity contribution in [3.05, 3.63) is 46.8 Å². The van der Waals surface area contributed by atoms with Crippen LogP contribution in [0.5, 0.6) is 11.5 Å². The Morgan fingerprint density at radius 1 is 0.944 bits per heavy atom. The summed E-state index contributed by atoms with van der Waals surface area (Å²) in [4.78, 5) is 18.1. The monoisotopic (exact) mass is 533 g/mol. The Hall–Kier alpha value is -2.69. The first-order valence-electron chi connectivity index (χ1n) is 12.3. The number of carbonyl (C=O) groups excluding carboxylic acids is 1. The van der Waals surface area contributed by atoms with Crippen molar-refractivity contribution in [2.45, 2.75) is 57.9 Å². The molecule has 36 heavy (non-hydrogen) atoms. The molecule has 0 aliphatic rings. The lowest BCUT2D eigenvalue weighted by atomic mass is 10.2. The molecule has 0 atom stereocenters. The van der Waals surface area contributed by atoms with Gasteiger partial charge in [0.05, 0.1) is 19.1 Å². The average Bonchev–Trinajstić information content (AvgIpc) is 3.26. The molecular weight excluding hydrogens is 498 g/mol. The van der Waals surface area contributed by atoms with E-state index in [1.807, 2.05) is 37.5 Å². The van der Waals surface area contributed by atoms with E-state index in [0.717, 1.165) is 35.9 Å². The minimum Gasteiger partial charge on any atom is -0.495 e. The molecule has 1 aromatic heterocycles. The van der Waals surface area contributed by atoms with Crippen LogP contribution in [0.3, 0.4) is 0 Å². The van der Waals surface area contributed by atoms with Gasteiger partial charge in [0, 0.05) is 25.2 Å². The number of carbonyl (C=O) groups is 1. The Bertz CT molecular complexity index is 1350. The van der Waals surface area contributed by atoms with Crippen molar-refractivity contribution in [1.82, 2.24) is 8.87 Å². The van der Waals surface area contributed by atoms with E-state index in [-0.39, 0.29) is 4.90 Å². The summed E-state index contributed by atoms with van der Waals surface area (Å²) < 4.78 is 41.7. The van der Waals surface area contributed by atoms with E-state index in [9.17, 15) is 13.2 Å². The zero-order chi connectivity index (χ0) is 26.3. The molecule has 10 heteroatoms. The third-order valence-electron chi connectivity index (χ3n) is 5.97. The lowest BCUT2D eigenvalue weighted by Crippen LogP contribution is -2.33. The summed E-state index contributed by atoms with van der Waals surface area (Å²) in [5, 5.41) is 0. The summed E-state index contributed by atoms with van der Waals surface area (Å²) in [7, 11) is -0.432. The molecule has 3 rings (SSSR count). The molecule has 3 aromatic rings. The fraction of sp³-hybridized carbons (Fsp3) is 0.462. The molecule has 0 saturated carbocycles. The third kappa shape index (κ3) is 5.82. The van der Waals surface area contributed by atoms with Crippen molar-refractivity contribution in [3.8, 4) is 11.5 Å². The normalized spacial score (nSPS) is 12.4. The fourth-order valence-electron chi connectivity index (χ4n) is 3.92. The van der Waals surface area contributed by atoms with E-state index >= 15 is 0 Å². The number of aromatic nitrogens is 1. The maximum absolute atomic E-state index is 13.2. The first kappa shape index (κ1) is 27.9. The molecule has 196 valence electrons. The van der Waals surface area contributed by atoms with Crippen LogP contribution in [0.2, 0.25) is 0 Å². The number of rotatable bonds is 12. The zero-order valence-electron chi connectivity index (χ0n) is 21.6. The Balaban J connectivity index is 1.97. The van der Waals surface area contributed by atoms with Gasteiger partial charge < -0.3 is 14.0 Å². The molecular formula is C26H35N3O5S2. The Morgan fingerprint density at radius 2 is 1.53 bits per heavy atom. The van der Waals surface area contributed by atoms with Gasteiger partial charge in [-0.3, -0.25) is 4.79 Å². The van der Waals surface area contributed by atoms with Crippen molar-refractivity contribution >= 4 is 37.5 Å². The molecule has 0 saturated heterocycles. The molecule has 2 aromatic carbocycles. The second kappa shape index (κ2) is 12.5. The van der Waals surface area contributed by atoms with Crippen LogP contribution in [0.4, 0.5) is 0 Å². The molecule has 0 radical (unpaired) electrons. The van der Waals surface area contributed by atoms with Gasteiger partial charge in [0.25, 0.3) is 5.91 Å². The zero-order valence-corrected chi connectivity index (χ0v) is 23.2. The number of nitrogens with zero attached hydrogens (tertiary/aromatic N) is 3. The van der Waals surface area contributed by atoms with Gasteiger partial charge in [0.2, 0.25) is 10.0 Å². The highest BCUT2D eigenvalue weighted by atomic mass is 32.2. The fourth-order valence-corrected chi connectivity index (χ4v) is 6.64. The van der Waals surface area contributed by atoms with Gasteiger partial charge >= 0.3 is 0 Å². The highest BCUT2D eigenvalue weighted by Crippen LogP contribution is 2.35. The van der Waals surface area contributed by atoms with E-state index in [4.69, 9.17) is 9.47 Å². The van der Waals surface area contributed by atoms with E-state index in [1.54, 1.807) is 18.5 Å². The number of unbranched alkanes of at least 4 members (excludes halogenated alkanes) is 2. The molecule has 1 amide bonds. The van der Waals surface area contributed by atoms with E-state index in [0.29, 0.717) is 41.5 Å². The molecule has 8 nitrogen and oxygen atoms in total. The molecule has 0 unspecified atom stereocenters. The van der Waals surface area contributed by atoms with Crippen LogP contribution < -0.4 is 14.3 Å². The highest BCUT2D eigenvalue weighted by molar-refractivity contribution is 7.89. The summed E-state index contributed by atoms with van der Waals surface area (Å²) in [6.07, 6.45) is 3.45. The second-order valence-corrected chi connectivity index (χ2v) is 11.2. The lowest BCUT2D eigenvalue weighted by Gasteiger charge is -2.22. The minimum atomic E-state index is -3.63. The van der Waals surface area contributed by atoms with Gasteiger partial charge in [-0.05, 0) is 56.2 Å². The molecule has 0 bridgehead atoms. The van der Waals surface area contributed by atoms with Crippen LogP contribution in [0.25, 0.3) is 10.2 Å². The first-order chi connectivity index (χ1) is 17.3. The summed E-state index contributed by atoms with van der Waals surface area (Å²) in [6, 6.07) is 9.70. The van der Waals surface area contributed by atoms with Crippen LogP contribution >= 0.6 is 11.3 Å². The van der Waals surface area contributed by atoms with Gasteiger partial charge in [-0.15, -0.1) is 0 Å². The van der Waals surface area contributed by atoms with Crippen molar-refractivity contribution in [2.24, 2.45) is 4.99 Å². The highest BCUT2D eigenvalue weighted by Gasteiger charge is 2.24. The second-order valence-electron chi connectivity index (χ2n) is 8.33. The number of hydrogen-bond donors (Lipinski definition) is 0. The summed E-state index contributed by atoms with van der Waals surface area (Å²) in [5.74, 6) is 0.902. The SMILES string of the molecule is CCCCN(CCCC)S(=O)(=O)c1ccc(C(=O)N=c2sc3c(OC)ccc(OC)c3n2CC)cc1. The Labute approximate surface area is 217 Å². The van der Waals surface area contributed by atoms with Gasteiger partial charge in [-0.25, -0.2) is 8.42 Å². The summed E-state index contributed by atoms with van der Waals surface area (Å²) in [5.41, 5.74) is 1.14. The smallest absolute Gasteiger partial charge is 0.279 e. The number of ether oxygens (including phenoxy) is 2. The minimum absolute atomic E-state index is 0.186. The summed E-state index contributed by atoms with van der Waals surface area (Å²) >= 11 is 1.35. The Kier molecular flexibility index (Phi) is 9.69. The Morgan fingerprint density at radius 3 is 2.06 bits per heavy atom. The number of hydrogen-bond acceptors (Lipinski definition) is 6. The molecule has 0 aliphatic carbocycles. The van der Waals surface area contributed by atoms with Crippen molar-refractivity contribution in [3.63, 3.8) is 0 Å². The van der Waals surface area contributed by atoms with E-state index < -0.39 is 15.9 Å². The first-order valence-corrected chi connectivity index (χ1v) is 14.5. The topological polar surface area (TPSA) is 90.2 Å². The number of benzene rings is 2. The van der Waals surface area contributed by atoms with Crippen LogP contribution in [0.1, 0.15) is 56.8 Å². The van der Waals surface area contributed by atoms with Crippen LogP contribution in [0, 0.1) is 0 Å². The largest absolute Gasteiger partial charge is 0.495 e. The molecule has 0 N–H and O–H groups in total. The van der Waals surface area contributed by atoms with Crippen LogP contribution in [-0.2, 0) is 16.6 Å². The van der Waals surface area contributed by atoms with Crippen LogP contribution in [0.15, 0.2) is 46.3 Å².